The summed E-state index contributed by atoms with van der Waals surface area (Å²) in [6.45, 7) is 3.45. The topological polar surface area (TPSA) is 151 Å². The number of carbonyl (C=O) groups excluding carboxylic acids is 4. The Kier molecular flexibility index (Phi) is 14.3. The molecule has 0 unspecified atom stereocenters. The molecule has 0 radical (unpaired) electrons. The third-order valence-corrected chi connectivity index (χ3v) is 14.7. The van der Waals surface area contributed by atoms with Gasteiger partial charge in [0.05, 0.1) is 66.8 Å². The third-order valence-electron chi connectivity index (χ3n) is 14.7. The zero-order chi connectivity index (χ0) is 54.7. The van der Waals surface area contributed by atoms with Gasteiger partial charge in [-0.15, -0.1) is 0 Å². The second kappa shape index (κ2) is 20.2. The zero-order valence-corrected chi connectivity index (χ0v) is 41.7. The lowest BCUT2D eigenvalue weighted by Gasteiger charge is -2.34. The molecule has 4 amide bonds. The van der Waals surface area contributed by atoms with E-state index in [1.54, 1.807) is 31.2 Å². The Bertz CT molecular complexity index is 2980. The molecule has 1 aliphatic carbocycles. The maximum atomic E-state index is 15.2. The first-order valence-electron chi connectivity index (χ1n) is 25.0. The molecule has 404 valence electrons. The number of rotatable bonds is 14. The quantitative estimate of drug-likeness (QED) is 0.107. The van der Waals surface area contributed by atoms with Gasteiger partial charge in [0.25, 0.3) is 29.6 Å². The van der Waals surface area contributed by atoms with Gasteiger partial charge < -0.3 is 25.2 Å². The fraction of sp³-hybridized carbons (Fsp3) is 0.444. The summed E-state index contributed by atoms with van der Waals surface area (Å²) in [5, 5.41) is 15.4. The number of likely N-dealkylation sites (tertiary alicyclic amines) is 1. The summed E-state index contributed by atoms with van der Waals surface area (Å²) in [6, 6.07) is 16.8. The van der Waals surface area contributed by atoms with E-state index in [1.807, 2.05) is 13.8 Å². The van der Waals surface area contributed by atoms with E-state index in [1.165, 1.54) is 34.1 Å². The van der Waals surface area contributed by atoms with E-state index in [4.69, 9.17) is 15.1 Å². The minimum Gasteiger partial charge on any atom is -0.377 e. The summed E-state index contributed by atoms with van der Waals surface area (Å²) in [5.41, 5.74) is -6.22. The van der Waals surface area contributed by atoms with Crippen molar-refractivity contribution in [2.75, 3.05) is 32.8 Å². The number of guanidine groups is 2. The Morgan fingerprint density at radius 2 is 1.41 bits per heavy atom. The van der Waals surface area contributed by atoms with Crippen LogP contribution in [0.5, 0.6) is 0 Å². The molecule has 4 aliphatic heterocycles. The molecule has 76 heavy (non-hydrogen) atoms. The van der Waals surface area contributed by atoms with Crippen LogP contribution in [0, 0.1) is 23.1 Å². The lowest BCUT2D eigenvalue weighted by atomic mass is 9.83. The normalized spacial score (nSPS) is 23.5. The number of nitrogens with one attached hydrogen (secondary N) is 3. The zero-order valence-electron chi connectivity index (χ0n) is 41.7. The highest BCUT2D eigenvalue weighted by Crippen LogP contribution is 2.46. The molecule has 5 aliphatic rings. The van der Waals surface area contributed by atoms with Crippen LogP contribution in [-0.4, -0.2) is 100.0 Å². The molecule has 5 fully saturated rings. The number of carbonyl (C=O) groups is 4. The molecule has 3 atom stereocenters. The number of amides is 4. The molecule has 0 aromatic heterocycles. The average Bonchev–Trinajstić information content (AvgIpc) is 4.00. The van der Waals surface area contributed by atoms with Crippen molar-refractivity contribution in [1.82, 2.24) is 30.2 Å². The summed E-state index contributed by atoms with van der Waals surface area (Å²) in [7, 11) is 0. The van der Waals surface area contributed by atoms with Crippen LogP contribution in [0.3, 0.4) is 0 Å². The molecular weight excluding hydrogens is 1010 g/mol. The number of ether oxygens (including phenoxy) is 1. The minimum absolute atomic E-state index is 0.0208. The molecule has 0 bridgehead atoms. The van der Waals surface area contributed by atoms with Gasteiger partial charge in [-0.25, -0.2) is 18.2 Å². The Labute approximate surface area is 431 Å². The van der Waals surface area contributed by atoms with E-state index in [0.29, 0.717) is 28.5 Å². The summed E-state index contributed by atoms with van der Waals surface area (Å²) in [5.74, 6) is -7.62. The van der Waals surface area contributed by atoms with Crippen molar-refractivity contribution < 1.29 is 63.4 Å². The number of alkyl halides is 8. The van der Waals surface area contributed by atoms with Gasteiger partial charge in [-0.05, 0) is 109 Å². The number of nitrogens with zero attached hydrogens (tertiary/aromatic N) is 5. The van der Waals surface area contributed by atoms with Crippen LogP contribution in [0.15, 0.2) is 89.9 Å². The van der Waals surface area contributed by atoms with Gasteiger partial charge in [-0.2, -0.15) is 26.3 Å². The lowest BCUT2D eigenvalue weighted by molar-refractivity contribution is -0.138. The van der Waals surface area contributed by atoms with Gasteiger partial charge in [0.2, 0.25) is 5.96 Å². The van der Waals surface area contributed by atoms with E-state index in [0.717, 1.165) is 48.1 Å². The maximum Gasteiger partial charge on any atom is 0.417 e. The molecule has 4 aromatic rings. The molecule has 4 heterocycles. The standard InChI is InChI=1S/C54H55F9N8O5/c1-31(2)17-18-51(46(74)70(48(64)66-51)27-34-9-16-43(54(61,62)63)41(24-34)45(73)69-21-22-76-29-32(69)3)37-5-4-6-39(25-37)65-49-67-52(26-33-7-8-33,36-11-13-38(55)14-12-36)47(75)71(49)28-35-10-15-42(53(58,59)60)40(23-35)44(72)68-20-19-50(56,57)30-68/h4-6,9-16,23-25,31-33H,7-8,17-22,26-30H2,1-3H3,(H2,64,66)(H,65,67)/t32-,51+,52+/m0/s1. The summed E-state index contributed by atoms with van der Waals surface area (Å²) >= 11 is 0. The lowest BCUT2D eigenvalue weighted by Crippen LogP contribution is -2.47. The summed E-state index contributed by atoms with van der Waals surface area (Å²) in [4.78, 5) is 66.6. The second-order valence-electron chi connectivity index (χ2n) is 20.8. The van der Waals surface area contributed by atoms with Crippen molar-refractivity contribution in [2.45, 2.75) is 108 Å². The van der Waals surface area contributed by atoms with Crippen molar-refractivity contribution in [3.63, 3.8) is 0 Å². The molecule has 0 spiro atoms. The van der Waals surface area contributed by atoms with E-state index >= 15 is 4.79 Å². The van der Waals surface area contributed by atoms with E-state index in [-0.39, 0.29) is 79.7 Å². The SMILES string of the molecule is CC(C)CC[C@]1(c2cccc(/N=C3\N[C@](CC4CC4)(c4ccc(F)cc4)C(=O)N3Cc3ccc(C(F)(F)F)c(C(=O)N4CCC(F)(F)C4)c3)c2)NC(=N)N(Cc2ccc(C(F)(F)F)c(C(=O)N3CCOC[C@@H]3C)c2)C1=O. The summed E-state index contributed by atoms with van der Waals surface area (Å²) in [6.07, 6.45) is -8.36. The van der Waals surface area contributed by atoms with Crippen LogP contribution >= 0.6 is 0 Å². The number of halogens is 9. The van der Waals surface area contributed by atoms with E-state index < -0.39 is 113 Å². The summed E-state index contributed by atoms with van der Waals surface area (Å²) < 4.78 is 135. The van der Waals surface area contributed by atoms with Crippen molar-refractivity contribution in [2.24, 2.45) is 16.8 Å². The second-order valence-corrected chi connectivity index (χ2v) is 20.8. The predicted molar refractivity (Wildman–Crippen MR) is 259 cm³/mol. The minimum atomic E-state index is -5.05. The Balaban J connectivity index is 1.09. The average molecular weight is 1070 g/mol. The molecule has 22 heteroatoms. The molecule has 1 saturated carbocycles. The molecule has 13 nitrogen and oxygen atoms in total. The van der Waals surface area contributed by atoms with Gasteiger partial charge in [-0.1, -0.05) is 63.1 Å². The largest absolute Gasteiger partial charge is 0.417 e. The van der Waals surface area contributed by atoms with Gasteiger partial charge in [0.1, 0.15) is 16.9 Å². The van der Waals surface area contributed by atoms with Crippen LogP contribution in [0.25, 0.3) is 0 Å². The number of benzene rings is 4. The van der Waals surface area contributed by atoms with Gasteiger partial charge in [0, 0.05) is 19.5 Å². The number of hydrogen-bond donors (Lipinski definition) is 3. The van der Waals surface area contributed by atoms with Crippen LogP contribution in [-0.2, 0) is 50.8 Å². The third kappa shape index (κ3) is 10.7. The first-order chi connectivity index (χ1) is 35.8. The van der Waals surface area contributed by atoms with E-state index in [2.05, 4.69) is 10.6 Å². The highest BCUT2D eigenvalue weighted by molar-refractivity contribution is 6.11. The molecule has 4 saturated heterocycles. The molecule has 3 N–H and O–H groups in total. The predicted octanol–water partition coefficient (Wildman–Crippen LogP) is 9.72. The highest BCUT2D eigenvalue weighted by Gasteiger charge is 2.55. The van der Waals surface area contributed by atoms with Crippen LogP contribution in [0.4, 0.5) is 45.2 Å². The van der Waals surface area contributed by atoms with Gasteiger partial charge in [-0.3, -0.25) is 34.4 Å². The smallest absolute Gasteiger partial charge is 0.377 e. The Hall–Kier alpha value is -6.97. The first kappa shape index (κ1) is 53.8. The fourth-order valence-corrected chi connectivity index (χ4v) is 10.5. The first-order valence-corrected chi connectivity index (χ1v) is 25.0. The highest BCUT2D eigenvalue weighted by atomic mass is 19.4. The van der Waals surface area contributed by atoms with Crippen LogP contribution < -0.4 is 10.6 Å². The van der Waals surface area contributed by atoms with Crippen molar-refractivity contribution >= 4 is 41.2 Å². The fourth-order valence-electron chi connectivity index (χ4n) is 10.5. The van der Waals surface area contributed by atoms with Crippen LogP contribution in [0.2, 0.25) is 0 Å². The number of aliphatic imine (C=N–C) groups is 1. The Morgan fingerprint density at radius 1 is 0.789 bits per heavy atom. The number of morpholine rings is 1. The van der Waals surface area contributed by atoms with Gasteiger partial charge in [0.15, 0.2) is 5.96 Å². The Morgan fingerprint density at radius 3 is 1.99 bits per heavy atom. The van der Waals surface area contributed by atoms with Crippen molar-refractivity contribution in [3.05, 3.63) is 135 Å². The molecule has 9 rings (SSSR count). The molecular formula is C54H55F9N8O5. The van der Waals surface area contributed by atoms with Gasteiger partial charge >= 0.3 is 12.4 Å². The van der Waals surface area contributed by atoms with Crippen molar-refractivity contribution in [3.8, 4) is 0 Å². The monoisotopic (exact) mass is 1070 g/mol. The maximum absolute atomic E-state index is 15.2. The van der Waals surface area contributed by atoms with E-state index in [9.17, 15) is 53.9 Å². The van der Waals surface area contributed by atoms with Crippen molar-refractivity contribution in [1.29, 1.82) is 5.41 Å². The van der Waals surface area contributed by atoms with Crippen LogP contribution in [0.1, 0.15) is 113 Å². The molecule has 4 aromatic carbocycles. The number of hydrogen-bond acceptors (Lipinski definition) is 7.